The number of hydrogen-bond acceptors (Lipinski definition) is 3. The highest BCUT2D eigenvalue weighted by molar-refractivity contribution is 7.80. The predicted molar refractivity (Wildman–Crippen MR) is 43.7 cm³/mol. The van der Waals surface area contributed by atoms with Crippen molar-refractivity contribution in [3.63, 3.8) is 0 Å². The van der Waals surface area contributed by atoms with Gasteiger partial charge in [-0.1, -0.05) is 0 Å². The molecule has 56 valence electrons. The Bertz CT molecular complexity index is 139. The summed E-state index contributed by atoms with van der Waals surface area (Å²) in [6.45, 7) is 2.40. The number of unbranched alkanes of at least 4 members (excludes halogenated alkanes) is 2. The van der Waals surface area contributed by atoms with Crippen LogP contribution in [0.1, 0.15) is 26.2 Å². The van der Waals surface area contributed by atoms with Crippen molar-refractivity contribution in [2.45, 2.75) is 26.2 Å². The molecule has 0 aromatic carbocycles. The highest BCUT2D eigenvalue weighted by atomic mass is 32.1. The second-order valence-corrected chi connectivity index (χ2v) is 2.53. The van der Waals surface area contributed by atoms with Gasteiger partial charge in [-0.2, -0.15) is 5.26 Å². The molecule has 2 nitrogen and oxygen atoms in total. The van der Waals surface area contributed by atoms with Crippen LogP contribution in [0.15, 0.2) is 0 Å². The van der Waals surface area contributed by atoms with E-state index in [2.05, 4.69) is 18.3 Å². The van der Waals surface area contributed by atoms with Crippen molar-refractivity contribution in [1.82, 2.24) is 0 Å². The number of rotatable bonds is 4. The van der Waals surface area contributed by atoms with Gasteiger partial charge in [0.1, 0.15) is 0 Å². The van der Waals surface area contributed by atoms with Crippen molar-refractivity contribution in [2.24, 2.45) is 0 Å². The smallest absolute Gasteiger partial charge is 0.156 e. The fourth-order valence-corrected chi connectivity index (χ4v) is 0.605. The lowest BCUT2D eigenvalue weighted by atomic mass is 10.3. The first-order valence-corrected chi connectivity index (χ1v) is 3.68. The Labute approximate surface area is 66.8 Å². The van der Waals surface area contributed by atoms with E-state index in [4.69, 9.17) is 10.00 Å². The molecule has 10 heavy (non-hydrogen) atoms. The van der Waals surface area contributed by atoms with Crippen LogP contribution in [0.3, 0.4) is 0 Å². The SMILES string of the molecule is CC(=S)OCCCCC#N. The minimum atomic E-state index is 0.581. The van der Waals surface area contributed by atoms with Gasteiger partial charge in [-0.25, -0.2) is 0 Å². The van der Waals surface area contributed by atoms with Crippen molar-refractivity contribution in [3.05, 3.63) is 0 Å². The Morgan fingerprint density at radius 3 is 2.80 bits per heavy atom. The van der Waals surface area contributed by atoms with Gasteiger partial charge in [-0.15, -0.1) is 0 Å². The van der Waals surface area contributed by atoms with Crippen LogP contribution in [0.5, 0.6) is 0 Å². The first kappa shape index (κ1) is 9.38. The van der Waals surface area contributed by atoms with Gasteiger partial charge in [0.15, 0.2) is 5.05 Å². The molecule has 0 aliphatic carbocycles. The molecule has 0 aromatic rings. The van der Waals surface area contributed by atoms with Gasteiger partial charge < -0.3 is 4.74 Å². The van der Waals surface area contributed by atoms with E-state index in [9.17, 15) is 0 Å². The third kappa shape index (κ3) is 7.38. The average Bonchev–Trinajstić information content (AvgIpc) is 1.87. The standard InChI is InChI=1S/C7H11NOS/c1-7(10)9-6-4-2-3-5-8/h2-4,6H2,1H3. The minimum absolute atomic E-state index is 0.581. The molecule has 0 radical (unpaired) electrons. The molecule has 0 aliphatic heterocycles. The summed E-state index contributed by atoms with van der Waals surface area (Å²) < 4.78 is 5.01. The summed E-state index contributed by atoms with van der Waals surface area (Å²) in [6.07, 6.45) is 2.43. The van der Waals surface area contributed by atoms with E-state index >= 15 is 0 Å². The van der Waals surface area contributed by atoms with E-state index in [0.717, 1.165) is 12.8 Å². The lowest BCUT2D eigenvalue weighted by molar-refractivity contribution is 0.301. The van der Waals surface area contributed by atoms with Crippen LogP contribution in [0.2, 0.25) is 0 Å². The number of nitriles is 1. The Kier molecular flexibility index (Phi) is 6.10. The van der Waals surface area contributed by atoms with E-state index < -0.39 is 0 Å². The summed E-state index contributed by atoms with van der Waals surface area (Å²) in [4.78, 5) is 0. The largest absolute Gasteiger partial charge is 0.487 e. The molecular formula is C7H11NOS. The normalized spacial score (nSPS) is 8.40. The van der Waals surface area contributed by atoms with Crippen LogP contribution < -0.4 is 0 Å². The Morgan fingerprint density at radius 1 is 1.60 bits per heavy atom. The number of thiocarbonyl (C=S) groups is 1. The van der Waals surface area contributed by atoms with Gasteiger partial charge in [0, 0.05) is 13.3 Å². The first-order valence-electron chi connectivity index (χ1n) is 3.27. The third-order valence-corrected chi connectivity index (χ3v) is 1.11. The zero-order chi connectivity index (χ0) is 7.82. The lowest BCUT2D eigenvalue weighted by Crippen LogP contribution is -1.97. The molecule has 0 amide bonds. The average molecular weight is 157 g/mol. The monoisotopic (exact) mass is 157 g/mol. The van der Waals surface area contributed by atoms with Gasteiger partial charge >= 0.3 is 0 Å². The summed E-state index contributed by atoms with van der Waals surface area (Å²) >= 11 is 4.69. The van der Waals surface area contributed by atoms with Gasteiger partial charge in [-0.3, -0.25) is 0 Å². The quantitative estimate of drug-likeness (QED) is 0.462. The van der Waals surface area contributed by atoms with Crippen molar-refractivity contribution in [1.29, 1.82) is 5.26 Å². The Hall–Kier alpha value is -0.620. The van der Waals surface area contributed by atoms with E-state index in [1.807, 2.05) is 0 Å². The maximum atomic E-state index is 8.16. The number of hydrogen-bond donors (Lipinski definition) is 0. The van der Waals surface area contributed by atoms with Gasteiger partial charge in [-0.05, 0) is 25.1 Å². The molecule has 0 saturated heterocycles. The van der Waals surface area contributed by atoms with Gasteiger partial charge in [0.25, 0.3) is 0 Å². The summed E-state index contributed by atoms with van der Waals surface area (Å²) in [6, 6.07) is 2.07. The van der Waals surface area contributed by atoms with Crippen LogP contribution in [0, 0.1) is 11.3 Å². The van der Waals surface area contributed by atoms with Crippen molar-refractivity contribution >= 4 is 17.3 Å². The molecule has 0 saturated carbocycles. The lowest BCUT2D eigenvalue weighted by Gasteiger charge is -2.00. The molecule has 0 aliphatic rings. The van der Waals surface area contributed by atoms with Crippen LogP contribution in [0.25, 0.3) is 0 Å². The first-order chi connectivity index (χ1) is 4.77. The topological polar surface area (TPSA) is 33.0 Å². The summed E-state index contributed by atoms with van der Waals surface area (Å²) in [5.41, 5.74) is 0. The highest BCUT2D eigenvalue weighted by Crippen LogP contribution is 1.94. The Morgan fingerprint density at radius 2 is 2.30 bits per heavy atom. The van der Waals surface area contributed by atoms with E-state index in [0.29, 0.717) is 18.1 Å². The van der Waals surface area contributed by atoms with E-state index in [1.54, 1.807) is 6.92 Å². The number of ether oxygens (including phenoxy) is 1. The molecule has 0 heterocycles. The van der Waals surface area contributed by atoms with Crippen molar-refractivity contribution in [2.75, 3.05) is 6.61 Å². The molecule has 0 unspecified atom stereocenters. The van der Waals surface area contributed by atoms with E-state index in [1.165, 1.54) is 0 Å². The maximum absolute atomic E-state index is 8.16. The molecule has 0 aromatic heterocycles. The van der Waals surface area contributed by atoms with E-state index in [-0.39, 0.29) is 0 Å². The summed E-state index contributed by atoms with van der Waals surface area (Å²) in [5.74, 6) is 0. The zero-order valence-electron chi connectivity index (χ0n) is 6.09. The third-order valence-electron chi connectivity index (χ3n) is 0.988. The fraction of sp³-hybridized carbons (Fsp3) is 0.714. The molecule has 0 fully saturated rings. The maximum Gasteiger partial charge on any atom is 0.156 e. The van der Waals surface area contributed by atoms with Gasteiger partial charge in [0.2, 0.25) is 0 Å². The molecular weight excluding hydrogens is 146 g/mol. The van der Waals surface area contributed by atoms with Crippen molar-refractivity contribution in [3.8, 4) is 6.07 Å². The second kappa shape index (κ2) is 6.50. The van der Waals surface area contributed by atoms with Gasteiger partial charge in [0.05, 0.1) is 12.7 Å². The van der Waals surface area contributed by atoms with Crippen LogP contribution >= 0.6 is 12.2 Å². The molecule has 0 N–H and O–H groups in total. The zero-order valence-corrected chi connectivity index (χ0v) is 6.91. The molecule has 0 spiro atoms. The highest BCUT2D eigenvalue weighted by Gasteiger charge is 1.88. The molecule has 3 heteroatoms. The predicted octanol–water partition coefficient (Wildman–Crippen LogP) is 2.04. The summed E-state index contributed by atoms with van der Waals surface area (Å²) in [7, 11) is 0. The Balaban J connectivity index is 2.92. The molecule has 0 bridgehead atoms. The molecule has 0 atom stereocenters. The second-order valence-electron chi connectivity index (χ2n) is 1.96. The van der Waals surface area contributed by atoms with Crippen LogP contribution in [0.4, 0.5) is 0 Å². The summed E-state index contributed by atoms with van der Waals surface area (Å²) in [5, 5.41) is 8.74. The molecule has 0 rings (SSSR count). The number of nitrogens with zero attached hydrogens (tertiary/aromatic N) is 1. The van der Waals surface area contributed by atoms with Crippen LogP contribution in [-0.4, -0.2) is 11.7 Å². The fourth-order valence-electron chi connectivity index (χ4n) is 0.522. The minimum Gasteiger partial charge on any atom is -0.487 e. The van der Waals surface area contributed by atoms with Crippen LogP contribution in [-0.2, 0) is 4.74 Å². The van der Waals surface area contributed by atoms with Crippen molar-refractivity contribution < 1.29 is 4.74 Å².